The van der Waals surface area contributed by atoms with Crippen LogP contribution >= 0.6 is 0 Å². The summed E-state index contributed by atoms with van der Waals surface area (Å²) in [6.07, 6.45) is 4.18. The molecule has 1 atom stereocenters. The maximum Gasteiger partial charge on any atom is 0.318 e. The number of amides is 2. The van der Waals surface area contributed by atoms with Gasteiger partial charge in [-0.05, 0) is 26.0 Å². The van der Waals surface area contributed by atoms with Crippen LogP contribution in [0.15, 0.2) is 29.0 Å². The van der Waals surface area contributed by atoms with Crippen molar-refractivity contribution in [1.29, 1.82) is 0 Å². The minimum Gasteiger partial charge on any atom is -0.467 e. The van der Waals surface area contributed by atoms with E-state index in [9.17, 15) is 4.79 Å². The first-order valence-corrected chi connectivity index (χ1v) is 7.03. The van der Waals surface area contributed by atoms with Gasteiger partial charge >= 0.3 is 6.03 Å². The Labute approximate surface area is 123 Å². The summed E-state index contributed by atoms with van der Waals surface area (Å²) < 4.78 is 5.30. The zero-order valence-corrected chi connectivity index (χ0v) is 12.2. The average molecular weight is 286 g/mol. The molecule has 0 radical (unpaired) electrons. The molecule has 0 saturated carbocycles. The Morgan fingerprint density at radius 3 is 3.14 bits per heavy atom. The van der Waals surface area contributed by atoms with E-state index in [2.05, 4.69) is 15.3 Å². The normalized spacial score (nSPS) is 15.4. The Bertz CT molecular complexity index is 639. The molecule has 0 fully saturated rings. The van der Waals surface area contributed by atoms with E-state index in [1.165, 1.54) is 0 Å². The van der Waals surface area contributed by atoms with Crippen LogP contribution < -0.4 is 5.32 Å². The van der Waals surface area contributed by atoms with Crippen molar-refractivity contribution < 1.29 is 9.21 Å². The molecular weight excluding hydrogens is 268 g/mol. The molecule has 0 saturated heterocycles. The molecule has 21 heavy (non-hydrogen) atoms. The maximum atomic E-state index is 12.3. The molecule has 2 aromatic rings. The van der Waals surface area contributed by atoms with E-state index in [0.29, 0.717) is 13.1 Å². The quantitative estimate of drug-likeness (QED) is 0.918. The predicted octanol–water partition coefficient (Wildman–Crippen LogP) is 2.21. The predicted molar refractivity (Wildman–Crippen MR) is 76.5 cm³/mol. The third-order valence-corrected chi connectivity index (χ3v) is 3.65. The van der Waals surface area contributed by atoms with Crippen molar-refractivity contribution in [2.24, 2.45) is 0 Å². The van der Waals surface area contributed by atoms with Crippen LogP contribution in [0.5, 0.6) is 0 Å². The van der Waals surface area contributed by atoms with E-state index in [-0.39, 0.29) is 12.1 Å². The highest BCUT2D eigenvalue weighted by Gasteiger charge is 2.23. The van der Waals surface area contributed by atoms with Crippen molar-refractivity contribution >= 4 is 6.03 Å². The van der Waals surface area contributed by atoms with Gasteiger partial charge in [-0.2, -0.15) is 0 Å². The van der Waals surface area contributed by atoms with Gasteiger partial charge in [0.2, 0.25) is 0 Å². The lowest BCUT2D eigenvalue weighted by molar-refractivity contribution is 0.187. The molecule has 1 aliphatic rings. The Hall–Kier alpha value is -2.37. The van der Waals surface area contributed by atoms with E-state index in [4.69, 9.17) is 4.42 Å². The number of hydrogen-bond acceptors (Lipinski definition) is 4. The molecule has 6 heteroatoms. The van der Waals surface area contributed by atoms with Gasteiger partial charge in [-0.25, -0.2) is 14.8 Å². The molecular formula is C15H18N4O2. The molecule has 0 aliphatic carbocycles. The van der Waals surface area contributed by atoms with Gasteiger partial charge in [0, 0.05) is 24.7 Å². The summed E-state index contributed by atoms with van der Waals surface area (Å²) in [5, 5.41) is 2.95. The molecule has 110 valence electrons. The molecule has 0 bridgehead atoms. The summed E-state index contributed by atoms with van der Waals surface area (Å²) in [5.74, 6) is 1.53. The Morgan fingerprint density at radius 1 is 1.52 bits per heavy atom. The first kappa shape index (κ1) is 13.6. The highest BCUT2D eigenvalue weighted by molar-refractivity contribution is 5.75. The lowest BCUT2D eigenvalue weighted by Crippen LogP contribution is -2.43. The topological polar surface area (TPSA) is 71.3 Å². The zero-order valence-electron chi connectivity index (χ0n) is 12.2. The van der Waals surface area contributed by atoms with Crippen LogP contribution in [0, 0.1) is 6.92 Å². The largest absolute Gasteiger partial charge is 0.467 e. The second kappa shape index (κ2) is 5.55. The van der Waals surface area contributed by atoms with Crippen molar-refractivity contribution in [2.45, 2.75) is 32.9 Å². The number of hydrogen-bond donors (Lipinski definition) is 1. The third-order valence-electron chi connectivity index (χ3n) is 3.65. The second-order valence-corrected chi connectivity index (χ2v) is 5.25. The van der Waals surface area contributed by atoms with Crippen LogP contribution in [0.3, 0.4) is 0 Å². The van der Waals surface area contributed by atoms with Crippen LogP contribution in [-0.2, 0) is 13.0 Å². The Morgan fingerprint density at radius 2 is 2.38 bits per heavy atom. The number of nitrogens with zero attached hydrogens (tertiary/aromatic N) is 3. The zero-order chi connectivity index (χ0) is 14.8. The van der Waals surface area contributed by atoms with Gasteiger partial charge < -0.3 is 14.6 Å². The number of nitrogens with one attached hydrogen (secondary N) is 1. The Balaban J connectivity index is 1.65. The highest BCUT2D eigenvalue weighted by Crippen LogP contribution is 2.18. The molecule has 0 spiro atoms. The van der Waals surface area contributed by atoms with Gasteiger partial charge in [-0.3, -0.25) is 0 Å². The summed E-state index contributed by atoms with van der Waals surface area (Å²) >= 11 is 0. The number of carbonyl (C=O) groups excluding carboxylic acids is 1. The van der Waals surface area contributed by atoms with Crippen molar-refractivity contribution in [3.05, 3.63) is 47.4 Å². The minimum atomic E-state index is -0.150. The van der Waals surface area contributed by atoms with Gasteiger partial charge in [0.1, 0.15) is 11.6 Å². The highest BCUT2D eigenvalue weighted by atomic mass is 16.3. The summed E-state index contributed by atoms with van der Waals surface area (Å²) in [6, 6.07) is 3.43. The number of aryl methyl sites for hydroxylation is 1. The second-order valence-electron chi connectivity index (χ2n) is 5.25. The van der Waals surface area contributed by atoms with E-state index in [1.807, 2.05) is 32.2 Å². The molecule has 0 aromatic carbocycles. The standard InChI is InChI=1S/C15H18N4O2/c1-10(14-4-3-7-21-14)17-15(20)19-6-5-13-12(9-19)8-16-11(2)18-13/h3-4,7-8,10H,5-6,9H2,1-2H3,(H,17,20)/t10-/m1/s1. The van der Waals surface area contributed by atoms with Crippen LogP contribution in [0.25, 0.3) is 0 Å². The summed E-state index contributed by atoms with van der Waals surface area (Å²) in [5.41, 5.74) is 2.07. The molecule has 3 heterocycles. The number of carbonyl (C=O) groups is 1. The number of furan rings is 1. The van der Waals surface area contributed by atoms with Gasteiger partial charge in [-0.15, -0.1) is 0 Å². The lowest BCUT2D eigenvalue weighted by atomic mass is 10.1. The fraction of sp³-hybridized carbons (Fsp3) is 0.400. The van der Waals surface area contributed by atoms with Crippen molar-refractivity contribution in [1.82, 2.24) is 20.2 Å². The summed E-state index contributed by atoms with van der Waals surface area (Å²) in [7, 11) is 0. The summed E-state index contributed by atoms with van der Waals surface area (Å²) in [6.45, 7) is 5.00. The first-order chi connectivity index (χ1) is 10.1. The lowest BCUT2D eigenvalue weighted by Gasteiger charge is -2.29. The van der Waals surface area contributed by atoms with E-state index >= 15 is 0 Å². The first-order valence-electron chi connectivity index (χ1n) is 7.03. The number of urea groups is 1. The van der Waals surface area contributed by atoms with Crippen LogP contribution in [0.4, 0.5) is 4.79 Å². The van der Waals surface area contributed by atoms with Crippen molar-refractivity contribution in [3.63, 3.8) is 0 Å². The number of rotatable bonds is 2. The molecule has 2 amide bonds. The number of fused-ring (bicyclic) bond motifs is 1. The van der Waals surface area contributed by atoms with Gasteiger partial charge in [-0.1, -0.05) is 0 Å². The number of aromatic nitrogens is 2. The van der Waals surface area contributed by atoms with Crippen LogP contribution in [0.2, 0.25) is 0 Å². The molecule has 1 N–H and O–H groups in total. The molecule has 6 nitrogen and oxygen atoms in total. The van der Waals surface area contributed by atoms with Crippen molar-refractivity contribution in [3.8, 4) is 0 Å². The molecule has 1 aliphatic heterocycles. The fourth-order valence-electron chi connectivity index (χ4n) is 2.47. The fourth-order valence-corrected chi connectivity index (χ4v) is 2.47. The average Bonchev–Trinajstić information content (AvgIpc) is 3.01. The monoisotopic (exact) mass is 286 g/mol. The van der Waals surface area contributed by atoms with E-state index in [0.717, 1.165) is 29.3 Å². The van der Waals surface area contributed by atoms with Gasteiger partial charge in [0.25, 0.3) is 0 Å². The van der Waals surface area contributed by atoms with Crippen LogP contribution in [0.1, 0.15) is 35.8 Å². The third kappa shape index (κ3) is 2.89. The molecule has 2 aromatic heterocycles. The van der Waals surface area contributed by atoms with Crippen LogP contribution in [-0.4, -0.2) is 27.4 Å². The minimum absolute atomic E-state index is 0.0925. The summed E-state index contributed by atoms with van der Waals surface area (Å²) in [4.78, 5) is 22.7. The maximum absolute atomic E-state index is 12.3. The Kier molecular flexibility index (Phi) is 3.60. The van der Waals surface area contributed by atoms with E-state index < -0.39 is 0 Å². The van der Waals surface area contributed by atoms with Gasteiger partial charge in [0.15, 0.2) is 0 Å². The molecule has 0 unspecified atom stereocenters. The SMILES string of the molecule is Cc1ncc2c(n1)CCN(C(=O)N[C@H](C)c1ccco1)C2. The van der Waals surface area contributed by atoms with Crippen molar-refractivity contribution in [2.75, 3.05) is 6.54 Å². The van der Waals surface area contributed by atoms with Gasteiger partial charge in [0.05, 0.1) is 24.5 Å². The van der Waals surface area contributed by atoms with E-state index in [1.54, 1.807) is 11.2 Å². The molecule has 3 rings (SSSR count). The smallest absolute Gasteiger partial charge is 0.318 e.